The first-order valence-corrected chi connectivity index (χ1v) is 9.22. The highest BCUT2D eigenvalue weighted by Crippen LogP contribution is 2.24. The Morgan fingerprint density at radius 1 is 1.10 bits per heavy atom. The molecule has 3 rings (SSSR count). The average molecular weight is 416 g/mol. The molecule has 29 heavy (non-hydrogen) atoms. The first-order valence-electron chi connectivity index (χ1n) is 9.22. The number of nitrogens with zero attached hydrogens (tertiary/aromatic N) is 2. The summed E-state index contributed by atoms with van der Waals surface area (Å²) < 4.78 is 2.04. The number of halogens is 1. The Kier molecular flexibility index (Phi) is 7.36. The van der Waals surface area contributed by atoms with E-state index in [4.69, 9.17) is 5.73 Å². The van der Waals surface area contributed by atoms with Crippen LogP contribution in [0.5, 0.6) is 0 Å². The summed E-state index contributed by atoms with van der Waals surface area (Å²) in [4.78, 5) is 28.5. The molecule has 0 aliphatic rings. The molecular formula is C21H26ClN5O2. The van der Waals surface area contributed by atoms with Crippen LogP contribution in [0.2, 0.25) is 0 Å². The van der Waals surface area contributed by atoms with Crippen molar-refractivity contribution in [3.05, 3.63) is 48.5 Å². The summed E-state index contributed by atoms with van der Waals surface area (Å²) >= 11 is 0. The van der Waals surface area contributed by atoms with Gasteiger partial charge in [-0.25, -0.2) is 4.98 Å². The number of amides is 2. The second-order valence-corrected chi connectivity index (χ2v) is 7.10. The lowest BCUT2D eigenvalue weighted by Gasteiger charge is -2.15. The number of nitrogens with two attached hydrogens (primary N) is 1. The van der Waals surface area contributed by atoms with E-state index < -0.39 is 6.04 Å². The van der Waals surface area contributed by atoms with Crippen LogP contribution in [0, 0.1) is 5.92 Å². The van der Waals surface area contributed by atoms with Crippen LogP contribution in [-0.4, -0.2) is 34.0 Å². The number of imidazole rings is 1. The van der Waals surface area contributed by atoms with E-state index in [0.717, 1.165) is 22.4 Å². The summed E-state index contributed by atoms with van der Waals surface area (Å²) in [6.45, 7) is 3.60. The highest BCUT2D eigenvalue weighted by molar-refractivity contribution is 5.95. The van der Waals surface area contributed by atoms with Gasteiger partial charge in [0.25, 0.3) is 0 Å². The molecule has 2 amide bonds. The van der Waals surface area contributed by atoms with Crippen LogP contribution in [0.15, 0.2) is 48.5 Å². The lowest BCUT2D eigenvalue weighted by molar-refractivity contribution is -0.125. The molecule has 0 aliphatic carbocycles. The Morgan fingerprint density at radius 2 is 1.76 bits per heavy atom. The minimum absolute atomic E-state index is 0. The molecule has 0 unspecified atom stereocenters. The Bertz CT molecular complexity index is 998. The lowest BCUT2D eigenvalue weighted by atomic mass is 10.1. The number of fused-ring (bicyclic) bond motifs is 1. The maximum Gasteiger partial charge on any atom is 0.243 e. The van der Waals surface area contributed by atoms with Gasteiger partial charge in [0.2, 0.25) is 11.8 Å². The number of carbonyl (C=O) groups excluding carboxylic acids is 2. The van der Waals surface area contributed by atoms with Crippen LogP contribution >= 0.6 is 12.4 Å². The molecule has 0 fully saturated rings. The van der Waals surface area contributed by atoms with Crippen molar-refractivity contribution in [2.75, 3.05) is 11.9 Å². The number of benzene rings is 2. The van der Waals surface area contributed by atoms with Crippen LogP contribution in [0.25, 0.3) is 22.4 Å². The predicted octanol–water partition coefficient (Wildman–Crippen LogP) is 2.70. The summed E-state index contributed by atoms with van der Waals surface area (Å²) in [5, 5.41) is 5.32. The fourth-order valence-corrected chi connectivity index (χ4v) is 2.90. The van der Waals surface area contributed by atoms with E-state index >= 15 is 0 Å². The topological polar surface area (TPSA) is 102 Å². The number of rotatable bonds is 6. The Balaban J connectivity index is 0.00000300. The molecule has 154 valence electrons. The fraction of sp³-hybridized carbons (Fsp3) is 0.286. The summed E-state index contributed by atoms with van der Waals surface area (Å²) in [6, 6.07) is 14.8. The first kappa shape index (κ1) is 22.4. The number of aromatic nitrogens is 2. The molecule has 0 saturated heterocycles. The molecule has 0 radical (unpaired) electrons. The van der Waals surface area contributed by atoms with Gasteiger partial charge in [-0.3, -0.25) is 9.59 Å². The SMILES string of the molecule is CC(C)[C@H](N)C(=O)NCC(=O)Nc1ccc(-c2nc3ccccc3n2C)cc1.Cl. The molecule has 0 bridgehead atoms. The molecule has 1 aromatic heterocycles. The Morgan fingerprint density at radius 3 is 2.38 bits per heavy atom. The van der Waals surface area contributed by atoms with E-state index in [9.17, 15) is 9.59 Å². The molecule has 2 aromatic carbocycles. The van der Waals surface area contributed by atoms with Gasteiger partial charge in [-0.15, -0.1) is 12.4 Å². The first-order chi connectivity index (χ1) is 13.4. The van der Waals surface area contributed by atoms with E-state index in [-0.39, 0.29) is 36.7 Å². The van der Waals surface area contributed by atoms with Crippen LogP contribution < -0.4 is 16.4 Å². The zero-order chi connectivity index (χ0) is 20.3. The number of hydrogen-bond donors (Lipinski definition) is 3. The van der Waals surface area contributed by atoms with E-state index in [2.05, 4.69) is 15.6 Å². The van der Waals surface area contributed by atoms with Crippen LogP contribution in [0.1, 0.15) is 13.8 Å². The van der Waals surface area contributed by atoms with Crippen molar-refractivity contribution >= 4 is 40.9 Å². The molecule has 3 aromatic rings. The van der Waals surface area contributed by atoms with E-state index in [1.807, 2.05) is 74.0 Å². The maximum atomic E-state index is 12.1. The van der Waals surface area contributed by atoms with E-state index in [1.165, 1.54) is 0 Å². The van der Waals surface area contributed by atoms with Crippen molar-refractivity contribution in [1.29, 1.82) is 0 Å². The molecule has 1 atom stereocenters. The standard InChI is InChI=1S/C21H25N5O2.ClH/c1-13(2)19(22)21(28)23-12-18(27)24-15-10-8-14(9-11-15)20-25-16-6-4-5-7-17(16)26(20)3;/h4-11,13,19H,12,22H2,1-3H3,(H,23,28)(H,24,27);1H/t19-;/m0./s1. The van der Waals surface area contributed by atoms with E-state index in [0.29, 0.717) is 5.69 Å². The van der Waals surface area contributed by atoms with Crippen molar-refractivity contribution in [3.8, 4) is 11.4 Å². The van der Waals surface area contributed by atoms with Gasteiger partial charge in [0.05, 0.1) is 23.6 Å². The second kappa shape index (κ2) is 9.54. The smallest absolute Gasteiger partial charge is 0.243 e. The third kappa shape index (κ3) is 5.13. The number of para-hydroxylation sites is 2. The van der Waals surface area contributed by atoms with Crippen molar-refractivity contribution in [3.63, 3.8) is 0 Å². The average Bonchev–Trinajstić information content (AvgIpc) is 3.03. The van der Waals surface area contributed by atoms with Gasteiger partial charge in [-0.1, -0.05) is 26.0 Å². The van der Waals surface area contributed by atoms with Gasteiger partial charge >= 0.3 is 0 Å². The molecule has 0 spiro atoms. The van der Waals surface area contributed by atoms with Crippen LogP contribution in [0.3, 0.4) is 0 Å². The normalized spacial score (nSPS) is 11.8. The molecule has 8 heteroatoms. The third-order valence-electron chi connectivity index (χ3n) is 4.66. The summed E-state index contributed by atoms with van der Waals surface area (Å²) in [5.41, 5.74) is 9.36. The molecule has 0 saturated carbocycles. The number of carbonyl (C=O) groups is 2. The molecule has 4 N–H and O–H groups in total. The number of aryl methyl sites for hydroxylation is 1. The van der Waals surface area contributed by atoms with Gasteiger partial charge in [0.15, 0.2) is 0 Å². The molecule has 7 nitrogen and oxygen atoms in total. The number of anilines is 1. The lowest BCUT2D eigenvalue weighted by Crippen LogP contribution is -2.46. The van der Waals surface area contributed by atoms with Crippen molar-refractivity contribution in [2.24, 2.45) is 18.7 Å². The van der Waals surface area contributed by atoms with Crippen molar-refractivity contribution < 1.29 is 9.59 Å². The highest BCUT2D eigenvalue weighted by atomic mass is 35.5. The quantitative estimate of drug-likeness (QED) is 0.576. The molecule has 0 aliphatic heterocycles. The summed E-state index contributed by atoms with van der Waals surface area (Å²) in [5.74, 6) is 0.231. The largest absolute Gasteiger partial charge is 0.346 e. The summed E-state index contributed by atoms with van der Waals surface area (Å²) in [6.07, 6.45) is 0. The molecular weight excluding hydrogens is 390 g/mol. The Labute approximate surface area is 176 Å². The van der Waals surface area contributed by atoms with Crippen molar-refractivity contribution in [1.82, 2.24) is 14.9 Å². The van der Waals surface area contributed by atoms with E-state index in [1.54, 1.807) is 0 Å². The third-order valence-corrected chi connectivity index (χ3v) is 4.66. The monoisotopic (exact) mass is 415 g/mol. The number of hydrogen-bond acceptors (Lipinski definition) is 4. The fourth-order valence-electron chi connectivity index (χ4n) is 2.90. The Hall–Kier alpha value is -2.90. The van der Waals surface area contributed by atoms with Crippen LogP contribution in [0.4, 0.5) is 5.69 Å². The second-order valence-electron chi connectivity index (χ2n) is 7.10. The minimum atomic E-state index is -0.625. The zero-order valence-electron chi connectivity index (χ0n) is 16.7. The van der Waals surface area contributed by atoms with Gasteiger partial charge in [0, 0.05) is 18.3 Å². The predicted molar refractivity (Wildman–Crippen MR) is 118 cm³/mol. The molecule has 1 heterocycles. The summed E-state index contributed by atoms with van der Waals surface area (Å²) in [7, 11) is 1.98. The number of nitrogens with one attached hydrogen (secondary N) is 2. The van der Waals surface area contributed by atoms with Gasteiger partial charge in [-0.05, 0) is 42.3 Å². The van der Waals surface area contributed by atoms with Crippen LogP contribution in [-0.2, 0) is 16.6 Å². The minimum Gasteiger partial charge on any atom is -0.346 e. The van der Waals surface area contributed by atoms with Gasteiger partial charge < -0.3 is 20.9 Å². The highest BCUT2D eigenvalue weighted by Gasteiger charge is 2.17. The van der Waals surface area contributed by atoms with Crippen molar-refractivity contribution in [2.45, 2.75) is 19.9 Å². The zero-order valence-corrected chi connectivity index (χ0v) is 17.5. The van der Waals surface area contributed by atoms with Gasteiger partial charge in [-0.2, -0.15) is 0 Å². The maximum absolute atomic E-state index is 12.1. The van der Waals surface area contributed by atoms with Gasteiger partial charge in [0.1, 0.15) is 5.82 Å².